The van der Waals surface area contributed by atoms with Crippen LogP contribution >= 0.6 is 243 Å². The van der Waals surface area contributed by atoms with Crippen molar-refractivity contribution < 1.29 is 32.9 Å². The molecule has 28 atom stereocenters. The highest BCUT2D eigenvalue weighted by atomic mass is 33.2. The molecule has 4 rings (SSSR count). The number of aliphatic hydroxyl groups excluding tert-OH is 1. The van der Waals surface area contributed by atoms with Crippen molar-refractivity contribution in [1.29, 1.82) is 0 Å². The molecule has 1 saturated carbocycles. The zero-order chi connectivity index (χ0) is 44.1. The van der Waals surface area contributed by atoms with E-state index in [-0.39, 0.29) is 18.3 Å². The van der Waals surface area contributed by atoms with Gasteiger partial charge in [0.25, 0.3) is 0 Å². The first-order chi connectivity index (χ1) is 26.7. The molecule has 1 N–H and O–H groups in total. The largest absolute Gasteiger partial charge is 0.512 e. The second-order valence-electron chi connectivity index (χ2n) is 14.5. The van der Waals surface area contributed by atoms with Gasteiger partial charge in [-0.1, -0.05) is 37.7 Å². The molecule has 58 heavy (non-hydrogen) atoms. The minimum absolute atomic E-state index is 0.244. The molecule has 336 valence electrons. The average Bonchev–Trinajstić information content (AvgIpc) is 3.41. The van der Waals surface area contributed by atoms with Gasteiger partial charge in [0.2, 0.25) is 0 Å². The molecule has 0 aromatic heterocycles. The number of carbonyl (C=O) groups excluding carboxylic acids is 1. The van der Waals surface area contributed by atoms with Crippen LogP contribution in [0.15, 0.2) is 22.5 Å². The summed E-state index contributed by atoms with van der Waals surface area (Å²) in [5.41, 5.74) is 0.711. The van der Waals surface area contributed by atoms with E-state index in [9.17, 15) is 9.90 Å². The van der Waals surface area contributed by atoms with Crippen molar-refractivity contribution in [3.05, 3.63) is 22.5 Å². The molecule has 21 unspecified atom stereocenters. The summed E-state index contributed by atoms with van der Waals surface area (Å²) in [6.07, 6.45) is -0.711. The standard InChI is InChI=1S/C21H60O7P30/c1-9-6-13(28-46(49(30)31)50(32)33)20(5)7-12(27-47(51(34)35)57(45-29)53(38)39)14-10(2)11(26-48(56(44)52(36)37)58(54(40)41)55(42)43)8-21(19(14,3)4)17(15(20)16(9)22)24-18(23)25-21/h11-13,15,17,22,45H,6-8,29-44H2,1-5H3/t11-,12+,13-,15-,17-,20+,21+,47?,48?,56?,57?/m0/s1. The highest BCUT2D eigenvalue weighted by Crippen LogP contribution is 3.18. The first-order valence-electron chi connectivity index (χ1n) is 16.8. The fourth-order valence-corrected chi connectivity index (χ4v) is 203. The minimum atomic E-state index is -1.14. The van der Waals surface area contributed by atoms with Crippen molar-refractivity contribution in [2.24, 2.45) is 16.7 Å². The summed E-state index contributed by atoms with van der Waals surface area (Å²) in [6.45, 7) is 6.22. The molecule has 1 heterocycles. The van der Waals surface area contributed by atoms with Crippen LogP contribution in [0.2, 0.25) is 0 Å². The third-order valence-corrected chi connectivity index (χ3v) is 151. The lowest BCUT2D eigenvalue weighted by Gasteiger charge is -2.60. The van der Waals surface area contributed by atoms with Crippen LogP contribution in [0, 0.1) is 16.7 Å². The lowest BCUT2D eigenvalue weighted by Crippen LogP contribution is -2.66. The molecular weight excluding hydrogens is 1290 g/mol. The summed E-state index contributed by atoms with van der Waals surface area (Å²) in [6, 6.07) is 0. The van der Waals surface area contributed by atoms with Crippen molar-refractivity contribution in [2.75, 3.05) is 0 Å². The van der Waals surface area contributed by atoms with Gasteiger partial charge in [0.05, 0.1) is 52.6 Å². The third kappa shape index (κ3) is 14.0. The lowest BCUT2D eigenvalue weighted by molar-refractivity contribution is -0.154. The summed E-state index contributed by atoms with van der Waals surface area (Å²) >= 11 is 0. The normalized spacial score (nSPS) is 32.6. The molecule has 0 aromatic rings. The lowest BCUT2D eigenvalue weighted by atomic mass is 9.49. The first-order valence-corrected chi connectivity index (χ1v) is 68.9. The van der Waals surface area contributed by atoms with E-state index in [2.05, 4.69) is 171 Å². The zero-order valence-electron chi connectivity index (χ0n) is 32.5. The molecule has 1 saturated heterocycles. The van der Waals surface area contributed by atoms with Gasteiger partial charge in [-0.3, -0.25) is 0 Å². The van der Waals surface area contributed by atoms with Gasteiger partial charge < -0.3 is 28.2 Å². The Kier molecular flexibility index (Phi) is 28.7. The Morgan fingerprint density at radius 1 is 0.707 bits per heavy atom. The zero-order valence-corrected chi connectivity index (χ0v) is 63.6. The van der Waals surface area contributed by atoms with E-state index in [1.165, 1.54) is 11.1 Å². The summed E-state index contributed by atoms with van der Waals surface area (Å²) in [7, 11) is 47.7. The monoisotopic (exact) mass is 1350 g/mol. The summed E-state index contributed by atoms with van der Waals surface area (Å²) in [4.78, 5) is 14.0. The number of ether oxygens (including phenoxy) is 2. The van der Waals surface area contributed by atoms with Gasteiger partial charge in [-0.25, -0.2) is 4.79 Å². The van der Waals surface area contributed by atoms with E-state index in [0.717, 1.165) is 5.57 Å². The van der Waals surface area contributed by atoms with Crippen LogP contribution in [0.4, 0.5) is 4.79 Å². The number of hydrogen-bond donors (Lipinski definition) is 1. The molecule has 0 amide bonds. The van der Waals surface area contributed by atoms with Gasteiger partial charge >= 0.3 is 6.16 Å². The van der Waals surface area contributed by atoms with Crippen molar-refractivity contribution in [1.82, 2.24) is 0 Å². The topological polar surface area (TPSA) is 83.5 Å². The molecular formula is C21H60O7P30. The molecule has 37 heteroatoms. The van der Waals surface area contributed by atoms with E-state index in [0.29, 0.717) is 33.0 Å². The fraction of sp³-hybridized carbons (Fsp3) is 0.762. The number of rotatable bonds is 17. The van der Waals surface area contributed by atoms with Gasteiger partial charge in [-0.15, -0.1) is 134 Å². The number of aliphatic hydroxyl groups is 1. The van der Waals surface area contributed by atoms with Crippen LogP contribution in [0.1, 0.15) is 53.9 Å². The van der Waals surface area contributed by atoms with Crippen molar-refractivity contribution in [2.45, 2.75) is 83.9 Å². The number of hydrogen-bond acceptors (Lipinski definition) is 7. The Bertz CT molecular complexity index is 1500. The van der Waals surface area contributed by atoms with Gasteiger partial charge in [0.15, 0.2) is 11.7 Å². The molecule has 0 radical (unpaired) electrons. The number of fused-ring (bicyclic) bond motifs is 3. The van der Waals surface area contributed by atoms with E-state index in [4.69, 9.17) is 23.0 Å². The highest BCUT2D eigenvalue weighted by molar-refractivity contribution is 9.19. The molecule has 1 spiro atoms. The van der Waals surface area contributed by atoms with Crippen LogP contribution < -0.4 is 0 Å². The average molecular weight is 1350 g/mol. The van der Waals surface area contributed by atoms with Gasteiger partial charge in [0.1, 0.15) is 0 Å². The molecule has 2 bridgehead atoms. The molecule has 3 aliphatic carbocycles. The van der Waals surface area contributed by atoms with Crippen molar-refractivity contribution in [3.8, 4) is 0 Å². The Hall–Kier alpha value is 11.3. The van der Waals surface area contributed by atoms with Crippen LogP contribution in [-0.2, 0) is 23.0 Å². The molecule has 2 fully saturated rings. The predicted octanol–water partition coefficient (Wildman–Crippen LogP) is 20.8. The van der Waals surface area contributed by atoms with Gasteiger partial charge in [-0.05, 0) is 92.3 Å². The van der Waals surface area contributed by atoms with Gasteiger partial charge in [0, 0.05) is 38.2 Å². The Morgan fingerprint density at radius 2 is 1.24 bits per heavy atom. The SMILES string of the molecule is CC1=C(O)[C@H]2[C@@H]3OC(=O)O[C@]34C[C@H](OP(P(P)P(P)P)P(P(P)P)P(P)P)C(C)=C([C@H](OP(P(P)P)P(PP)P(P)P)C[C@]2(C)[C@@H](OP(P(P)P)P(P)P)C1)C4(C)C. The summed E-state index contributed by atoms with van der Waals surface area (Å²) < 4.78 is 36.3. The van der Waals surface area contributed by atoms with E-state index < -0.39 is 127 Å². The van der Waals surface area contributed by atoms with E-state index >= 15 is 0 Å². The predicted molar refractivity (Wildman–Crippen MR) is 350 cm³/mol. The fourth-order valence-electron chi connectivity index (χ4n) is 8.18. The van der Waals surface area contributed by atoms with E-state index in [1.807, 2.05) is 6.92 Å². The summed E-state index contributed by atoms with van der Waals surface area (Å²) in [5, 5.41) is 12.6. The smallest absolute Gasteiger partial charge is 0.509 e. The minimum Gasteiger partial charge on any atom is -0.512 e. The number of carbonyl (C=O) groups is 1. The van der Waals surface area contributed by atoms with E-state index in [1.54, 1.807) is 0 Å². The first kappa shape index (κ1) is 61.9. The van der Waals surface area contributed by atoms with Crippen LogP contribution in [-0.4, -0.2) is 41.3 Å². The molecule has 7 nitrogen and oxygen atoms in total. The van der Waals surface area contributed by atoms with Crippen LogP contribution in [0.25, 0.3) is 0 Å². The van der Waals surface area contributed by atoms with Crippen LogP contribution in [0.5, 0.6) is 0 Å². The van der Waals surface area contributed by atoms with Gasteiger partial charge in [-0.2, -0.15) is 0 Å². The second kappa shape index (κ2) is 26.9. The Balaban J connectivity index is 2.11. The van der Waals surface area contributed by atoms with Crippen molar-refractivity contribution in [3.63, 3.8) is 0 Å². The Labute approximate surface area is 401 Å². The highest BCUT2D eigenvalue weighted by Gasteiger charge is 2.73. The maximum absolute atomic E-state index is 14.0. The third-order valence-electron chi connectivity index (χ3n) is 10.7. The Morgan fingerprint density at radius 3 is 1.71 bits per heavy atom. The quantitative estimate of drug-likeness (QED) is 0.0882. The maximum atomic E-state index is 14.0. The van der Waals surface area contributed by atoms with Crippen molar-refractivity contribution >= 4 is 249 Å². The molecule has 4 aliphatic rings. The van der Waals surface area contributed by atoms with Crippen LogP contribution in [0.3, 0.4) is 0 Å². The molecule has 1 aliphatic heterocycles. The maximum Gasteiger partial charge on any atom is 0.509 e. The summed E-state index contributed by atoms with van der Waals surface area (Å²) in [5.74, 6) is -0.276. The second-order valence-corrected chi connectivity index (χ2v) is 121. The molecule has 0 aromatic carbocycles.